The van der Waals surface area contributed by atoms with Crippen LogP contribution in [0.2, 0.25) is 0 Å². The lowest BCUT2D eigenvalue weighted by molar-refractivity contribution is 0.319. The first-order valence-electron chi connectivity index (χ1n) is 4.88. The van der Waals surface area contributed by atoms with Crippen molar-refractivity contribution in [3.8, 4) is 5.69 Å². The molecule has 82 valence electrons. The van der Waals surface area contributed by atoms with Gasteiger partial charge in [0.2, 0.25) is 0 Å². The topological polar surface area (TPSA) is 63.3 Å². The number of nitrogens with zero attached hydrogens (tertiary/aromatic N) is 4. The van der Waals surface area contributed by atoms with Crippen LogP contribution in [0.1, 0.15) is 18.2 Å². The molecule has 16 heavy (non-hydrogen) atoms. The number of hydrogen-bond donors (Lipinski definition) is 1. The van der Waals surface area contributed by atoms with Gasteiger partial charge in [0.05, 0.1) is 23.3 Å². The van der Waals surface area contributed by atoms with Crippen LogP contribution in [0, 0.1) is 6.92 Å². The second-order valence-electron chi connectivity index (χ2n) is 3.47. The molecule has 0 saturated heterocycles. The number of hydrogen-bond acceptors (Lipinski definition) is 4. The van der Waals surface area contributed by atoms with Gasteiger partial charge in [-0.2, -0.15) is 5.10 Å². The van der Waals surface area contributed by atoms with Crippen LogP contribution in [0.3, 0.4) is 0 Å². The Morgan fingerprint density at radius 2 is 2.31 bits per heavy atom. The molecule has 0 fully saturated rings. The third kappa shape index (κ3) is 1.79. The lowest BCUT2D eigenvalue weighted by Crippen LogP contribution is -1.95. The molecule has 5 heteroatoms. The molecular weight excluding hydrogens is 204 g/mol. The Morgan fingerprint density at radius 1 is 1.50 bits per heavy atom. The summed E-state index contributed by atoms with van der Waals surface area (Å²) in [5.41, 5.74) is 3.07. The summed E-state index contributed by atoms with van der Waals surface area (Å²) in [4.78, 5) is 4.02. The Bertz CT molecular complexity index is 516. The average Bonchev–Trinajstić information content (AvgIpc) is 2.71. The van der Waals surface area contributed by atoms with Crippen molar-refractivity contribution in [1.29, 1.82) is 0 Å². The van der Waals surface area contributed by atoms with Gasteiger partial charge in [-0.3, -0.25) is 4.98 Å². The lowest BCUT2D eigenvalue weighted by atomic mass is 10.2. The van der Waals surface area contributed by atoms with Gasteiger partial charge in [-0.25, -0.2) is 4.68 Å². The average molecular weight is 216 g/mol. The fourth-order valence-corrected chi connectivity index (χ4v) is 1.49. The van der Waals surface area contributed by atoms with E-state index in [0.29, 0.717) is 5.71 Å². The van der Waals surface area contributed by atoms with Crippen LogP contribution in [-0.4, -0.2) is 25.7 Å². The molecule has 0 radical (unpaired) electrons. The van der Waals surface area contributed by atoms with E-state index in [4.69, 9.17) is 5.21 Å². The van der Waals surface area contributed by atoms with E-state index in [1.807, 2.05) is 25.3 Å². The molecule has 0 saturated carbocycles. The van der Waals surface area contributed by atoms with E-state index in [9.17, 15) is 0 Å². The molecule has 0 unspecified atom stereocenters. The number of oxime groups is 1. The van der Waals surface area contributed by atoms with E-state index in [2.05, 4.69) is 15.2 Å². The zero-order valence-corrected chi connectivity index (χ0v) is 9.12. The number of pyridine rings is 1. The van der Waals surface area contributed by atoms with Crippen molar-refractivity contribution in [2.24, 2.45) is 5.16 Å². The molecular formula is C11H12N4O. The second kappa shape index (κ2) is 4.14. The van der Waals surface area contributed by atoms with Crippen LogP contribution < -0.4 is 0 Å². The van der Waals surface area contributed by atoms with Gasteiger partial charge in [0.1, 0.15) is 0 Å². The maximum atomic E-state index is 8.73. The minimum absolute atomic E-state index is 0.549. The van der Waals surface area contributed by atoms with Crippen molar-refractivity contribution >= 4 is 5.71 Å². The highest BCUT2D eigenvalue weighted by Crippen LogP contribution is 2.11. The Hall–Kier alpha value is -2.17. The highest BCUT2D eigenvalue weighted by Gasteiger charge is 2.08. The monoisotopic (exact) mass is 216 g/mol. The summed E-state index contributed by atoms with van der Waals surface area (Å²) in [5.74, 6) is 0. The summed E-state index contributed by atoms with van der Waals surface area (Å²) in [6, 6.07) is 3.76. The van der Waals surface area contributed by atoms with Crippen LogP contribution in [0.4, 0.5) is 0 Å². The summed E-state index contributed by atoms with van der Waals surface area (Å²) in [5, 5.41) is 16.2. The molecule has 2 aromatic rings. The van der Waals surface area contributed by atoms with Gasteiger partial charge in [0, 0.05) is 18.0 Å². The number of aryl methyl sites for hydroxylation is 1. The fraction of sp³-hybridized carbons (Fsp3) is 0.182. The molecule has 5 nitrogen and oxygen atoms in total. The van der Waals surface area contributed by atoms with Crippen LogP contribution in [0.15, 0.2) is 35.9 Å². The predicted octanol–water partition coefficient (Wildman–Crippen LogP) is 1.77. The van der Waals surface area contributed by atoms with E-state index in [1.54, 1.807) is 24.0 Å². The molecule has 0 aliphatic heterocycles. The fourth-order valence-electron chi connectivity index (χ4n) is 1.49. The van der Waals surface area contributed by atoms with Crippen molar-refractivity contribution in [3.63, 3.8) is 0 Å². The van der Waals surface area contributed by atoms with Gasteiger partial charge >= 0.3 is 0 Å². The molecule has 2 heterocycles. The maximum Gasteiger partial charge on any atom is 0.0871 e. The van der Waals surface area contributed by atoms with Gasteiger partial charge in [-0.05, 0) is 26.0 Å². The SMILES string of the molecule is C/C(=N/O)c1cn(-c2cccnc2)nc1C. The van der Waals surface area contributed by atoms with Crippen molar-refractivity contribution in [2.45, 2.75) is 13.8 Å². The van der Waals surface area contributed by atoms with Gasteiger partial charge < -0.3 is 5.21 Å². The zero-order valence-electron chi connectivity index (χ0n) is 9.12. The first-order chi connectivity index (χ1) is 7.72. The lowest BCUT2D eigenvalue weighted by Gasteiger charge is -1.98. The highest BCUT2D eigenvalue weighted by atomic mass is 16.4. The predicted molar refractivity (Wildman–Crippen MR) is 60.1 cm³/mol. The summed E-state index contributed by atoms with van der Waals surface area (Å²) in [6.45, 7) is 3.61. The van der Waals surface area contributed by atoms with Crippen molar-refractivity contribution < 1.29 is 5.21 Å². The van der Waals surface area contributed by atoms with Crippen LogP contribution in [-0.2, 0) is 0 Å². The van der Waals surface area contributed by atoms with Crippen LogP contribution in [0.25, 0.3) is 5.69 Å². The van der Waals surface area contributed by atoms with Crippen molar-refractivity contribution in [2.75, 3.05) is 0 Å². The molecule has 0 aromatic carbocycles. The van der Waals surface area contributed by atoms with Crippen molar-refractivity contribution in [1.82, 2.24) is 14.8 Å². The molecule has 0 atom stereocenters. The third-order valence-electron chi connectivity index (χ3n) is 2.35. The summed E-state index contributed by atoms with van der Waals surface area (Å²) < 4.78 is 1.71. The zero-order chi connectivity index (χ0) is 11.5. The van der Waals surface area contributed by atoms with Crippen molar-refractivity contribution in [3.05, 3.63) is 42.0 Å². The Morgan fingerprint density at radius 3 is 2.94 bits per heavy atom. The smallest absolute Gasteiger partial charge is 0.0871 e. The standard InChI is InChI=1S/C11H12N4O/c1-8-11(9(2)14-16)7-15(13-8)10-4-3-5-12-6-10/h3-7,16H,1-2H3/b14-9-. The van der Waals surface area contributed by atoms with E-state index in [0.717, 1.165) is 16.9 Å². The summed E-state index contributed by atoms with van der Waals surface area (Å²) >= 11 is 0. The molecule has 2 rings (SSSR count). The van der Waals surface area contributed by atoms with Gasteiger partial charge in [0.25, 0.3) is 0 Å². The maximum absolute atomic E-state index is 8.73. The second-order valence-corrected chi connectivity index (χ2v) is 3.47. The Balaban J connectivity index is 2.46. The highest BCUT2D eigenvalue weighted by molar-refractivity contribution is 5.99. The Kier molecular flexibility index (Phi) is 2.68. The molecule has 0 bridgehead atoms. The van der Waals surface area contributed by atoms with E-state index in [1.165, 1.54) is 0 Å². The largest absolute Gasteiger partial charge is 0.411 e. The van der Waals surface area contributed by atoms with E-state index >= 15 is 0 Å². The minimum atomic E-state index is 0.549. The minimum Gasteiger partial charge on any atom is -0.411 e. The van der Waals surface area contributed by atoms with Gasteiger partial charge in [-0.15, -0.1) is 0 Å². The first kappa shape index (κ1) is 10.4. The number of rotatable bonds is 2. The van der Waals surface area contributed by atoms with Gasteiger partial charge in [-0.1, -0.05) is 5.16 Å². The molecule has 1 N–H and O–H groups in total. The third-order valence-corrected chi connectivity index (χ3v) is 2.35. The molecule has 2 aromatic heterocycles. The van der Waals surface area contributed by atoms with E-state index in [-0.39, 0.29) is 0 Å². The number of aromatic nitrogens is 3. The normalized spacial score (nSPS) is 11.8. The molecule has 0 aliphatic carbocycles. The molecule has 0 amide bonds. The van der Waals surface area contributed by atoms with Crippen LogP contribution >= 0.6 is 0 Å². The van der Waals surface area contributed by atoms with E-state index < -0.39 is 0 Å². The molecule has 0 aliphatic rings. The van der Waals surface area contributed by atoms with Gasteiger partial charge in [0.15, 0.2) is 0 Å². The Labute approximate surface area is 93.1 Å². The molecule has 0 spiro atoms. The first-order valence-corrected chi connectivity index (χ1v) is 4.88. The van der Waals surface area contributed by atoms with Crippen LogP contribution in [0.5, 0.6) is 0 Å². The quantitative estimate of drug-likeness (QED) is 0.472. The summed E-state index contributed by atoms with van der Waals surface area (Å²) in [7, 11) is 0. The summed E-state index contributed by atoms with van der Waals surface area (Å²) in [6.07, 6.45) is 5.25.